The molecule has 5 rings (SSSR count). The molecule has 0 aliphatic heterocycles. The summed E-state index contributed by atoms with van der Waals surface area (Å²) in [6, 6.07) is 17.8. The molecule has 1 atom stereocenters. The van der Waals surface area contributed by atoms with Gasteiger partial charge in [-0.05, 0) is 55.6 Å². The maximum absolute atomic E-state index is 10.7. The van der Waals surface area contributed by atoms with Gasteiger partial charge in [0.15, 0.2) is 0 Å². The van der Waals surface area contributed by atoms with Crippen LogP contribution in [0.2, 0.25) is 0 Å². The van der Waals surface area contributed by atoms with Crippen LogP contribution in [0.4, 0.5) is 0 Å². The Balaban J connectivity index is 1.85. The molecular formula is C21H25NO. The predicted octanol–water partition coefficient (Wildman–Crippen LogP) is 3.52. The van der Waals surface area contributed by atoms with Crippen LogP contribution in [0, 0.1) is 0 Å². The van der Waals surface area contributed by atoms with Gasteiger partial charge in [-0.1, -0.05) is 48.5 Å². The molecule has 0 heterocycles. The summed E-state index contributed by atoms with van der Waals surface area (Å²) in [5, 5.41) is 10.7. The van der Waals surface area contributed by atoms with Crippen molar-refractivity contribution in [1.29, 1.82) is 0 Å². The highest BCUT2D eigenvalue weighted by Gasteiger charge is 2.48. The van der Waals surface area contributed by atoms with Crippen molar-refractivity contribution in [2.45, 2.75) is 36.7 Å². The summed E-state index contributed by atoms with van der Waals surface area (Å²) >= 11 is 0. The topological polar surface area (TPSA) is 23.5 Å². The lowest BCUT2D eigenvalue weighted by molar-refractivity contribution is 0.101. The fourth-order valence-electron chi connectivity index (χ4n) is 4.97. The second kappa shape index (κ2) is 5.47. The smallest absolute Gasteiger partial charge is 0.0678 e. The molecule has 2 aromatic carbocycles. The second-order valence-electron chi connectivity index (χ2n) is 7.47. The average molecular weight is 307 g/mol. The Bertz CT molecular complexity index is 674. The molecule has 1 unspecified atom stereocenters. The Morgan fingerprint density at radius 3 is 2.17 bits per heavy atom. The van der Waals surface area contributed by atoms with Crippen molar-refractivity contribution in [3.63, 3.8) is 0 Å². The SMILES string of the molecule is CN(C)CC(O)CC12CCC(c3ccccc31)c1ccccc12. The lowest BCUT2D eigenvalue weighted by Gasteiger charge is -2.50. The summed E-state index contributed by atoms with van der Waals surface area (Å²) in [6.45, 7) is 0.718. The number of likely N-dealkylation sites (N-methyl/N-ethyl adjacent to an activating group) is 1. The first-order valence-electron chi connectivity index (χ1n) is 8.63. The minimum absolute atomic E-state index is 0.0165. The van der Waals surface area contributed by atoms with Gasteiger partial charge in [-0.3, -0.25) is 0 Å². The molecular weight excluding hydrogens is 282 g/mol. The highest BCUT2D eigenvalue weighted by molar-refractivity contribution is 5.59. The molecule has 0 amide bonds. The zero-order valence-corrected chi connectivity index (χ0v) is 14.0. The van der Waals surface area contributed by atoms with Crippen LogP contribution in [-0.2, 0) is 5.41 Å². The molecule has 23 heavy (non-hydrogen) atoms. The third-order valence-electron chi connectivity index (χ3n) is 5.72. The number of hydrogen-bond donors (Lipinski definition) is 1. The van der Waals surface area contributed by atoms with E-state index in [9.17, 15) is 5.11 Å². The normalized spacial score (nSPS) is 26.0. The second-order valence-corrected chi connectivity index (χ2v) is 7.47. The van der Waals surface area contributed by atoms with E-state index >= 15 is 0 Å². The number of rotatable bonds is 4. The van der Waals surface area contributed by atoms with Crippen LogP contribution in [0.5, 0.6) is 0 Å². The Hall–Kier alpha value is -1.64. The van der Waals surface area contributed by atoms with Gasteiger partial charge in [0.05, 0.1) is 6.10 Å². The highest BCUT2D eigenvalue weighted by atomic mass is 16.3. The van der Waals surface area contributed by atoms with Gasteiger partial charge in [0.2, 0.25) is 0 Å². The number of fused-ring (bicyclic) bond motifs is 1. The van der Waals surface area contributed by atoms with Crippen LogP contribution in [0.15, 0.2) is 48.5 Å². The molecule has 120 valence electrons. The van der Waals surface area contributed by atoms with Gasteiger partial charge in [0.25, 0.3) is 0 Å². The van der Waals surface area contributed by atoms with Gasteiger partial charge in [-0.15, -0.1) is 0 Å². The zero-order chi connectivity index (χ0) is 16.0. The predicted molar refractivity (Wildman–Crippen MR) is 93.9 cm³/mol. The first-order valence-corrected chi connectivity index (χ1v) is 8.63. The molecule has 0 saturated carbocycles. The Labute approximate surface area is 138 Å². The first-order chi connectivity index (χ1) is 11.1. The number of hydrogen-bond acceptors (Lipinski definition) is 2. The molecule has 3 aliphatic carbocycles. The minimum atomic E-state index is -0.305. The maximum Gasteiger partial charge on any atom is 0.0678 e. The summed E-state index contributed by atoms with van der Waals surface area (Å²) in [5.41, 5.74) is 5.85. The van der Waals surface area contributed by atoms with Crippen molar-refractivity contribution in [2.75, 3.05) is 20.6 Å². The number of aliphatic hydroxyl groups is 1. The molecule has 0 saturated heterocycles. The zero-order valence-electron chi connectivity index (χ0n) is 14.0. The summed E-state index contributed by atoms with van der Waals surface area (Å²) in [6.07, 6.45) is 2.85. The van der Waals surface area contributed by atoms with Crippen molar-refractivity contribution in [3.05, 3.63) is 70.8 Å². The Morgan fingerprint density at radius 2 is 1.61 bits per heavy atom. The lowest BCUT2D eigenvalue weighted by Crippen LogP contribution is -2.44. The van der Waals surface area contributed by atoms with Crippen LogP contribution < -0.4 is 0 Å². The summed E-state index contributed by atoms with van der Waals surface area (Å²) in [5.74, 6) is 0.537. The van der Waals surface area contributed by atoms with Crippen molar-refractivity contribution in [1.82, 2.24) is 4.90 Å². The lowest BCUT2D eigenvalue weighted by atomic mass is 9.53. The van der Waals surface area contributed by atoms with E-state index in [1.807, 2.05) is 14.1 Å². The molecule has 2 nitrogen and oxygen atoms in total. The van der Waals surface area contributed by atoms with E-state index < -0.39 is 0 Å². The summed E-state index contributed by atoms with van der Waals surface area (Å²) in [7, 11) is 4.06. The minimum Gasteiger partial charge on any atom is -0.392 e. The number of aliphatic hydroxyl groups excluding tert-OH is 1. The number of nitrogens with zero attached hydrogens (tertiary/aromatic N) is 1. The van der Waals surface area contributed by atoms with Gasteiger partial charge < -0.3 is 10.0 Å². The van der Waals surface area contributed by atoms with Crippen LogP contribution in [0.3, 0.4) is 0 Å². The van der Waals surface area contributed by atoms with Gasteiger partial charge in [-0.2, -0.15) is 0 Å². The molecule has 0 aromatic heterocycles. The van der Waals surface area contributed by atoms with E-state index in [1.54, 1.807) is 0 Å². The third-order valence-corrected chi connectivity index (χ3v) is 5.72. The number of benzene rings is 2. The van der Waals surface area contributed by atoms with Crippen molar-refractivity contribution in [2.24, 2.45) is 0 Å². The molecule has 2 bridgehead atoms. The van der Waals surface area contributed by atoms with Crippen LogP contribution in [0.1, 0.15) is 47.4 Å². The first kappa shape index (κ1) is 14.9. The maximum atomic E-state index is 10.7. The highest BCUT2D eigenvalue weighted by Crippen LogP contribution is 2.57. The Kier molecular flexibility index (Phi) is 3.55. The third kappa shape index (κ3) is 2.24. The van der Waals surface area contributed by atoms with E-state index in [-0.39, 0.29) is 11.5 Å². The Morgan fingerprint density at radius 1 is 1.04 bits per heavy atom. The largest absolute Gasteiger partial charge is 0.392 e. The summed E-state index contributed by atoms with van der Waals surface area (Å²) < 4.78 is 0. The molecule has 2 heteroatoms. The molecule has 2 aromatic rings. The fourth-order valence-corrected chi connectivity index (χ4v) is 4.97. The van der Waals surface area contributed by atoms with Gasteiger partial charge in [0.1, 0.15) is 0 Å². The molecule has 0 spiro atoms. The van der Waals surface area contributed by atoms with E-state index in [4.69, 9.17) is 0 Å². The fraction of sp³-hybridized carbons (Fsp3) is 0.429. The van der Waals surface area contributed by atoms with E-state index in [0.717, 1.165) is 19.4 Å². The molecule has 3 aliphatic rings. The van der Waals surface area contributed by atoms with E-state index in [0.29, 0.717) is 5.92 Å². The molecule has 1 N–H and O–H groups in total. The van der Waals surface area contributed by atoms with Crippen molar-refractivity contribution >= 4 is 0 Å². The quantitative estimate of drug-likeness (QED) is 0.934. The van der Waals surface area contributed by atoms with Crippen molar-refractivity contribution < 1.29 is 5.11 Å². The van der Waals surface area contributed by atoms with Crippen LogP contribution >= 0.6 is 0 Å². The monoisotopic (exact) mass is 307 g/mol. The van der Waals surface area contributed by atoms with Crippen LogP contribution in [0.25, 0.3) is 0 Å². The molecule has 0 fully saturated rings. The van der Waals surface area contributed by atoms with E-state index in [1.165, 1.54) is 28.7 Å². The van der Waals surface area contributed by atoms with Gasteiger partial charge in [0, 0.05) is 17.9 Å². The average Bonchev–Trinajstić information content (AvgIpc) is 2.55. The molecule has 0 radical (unpaired) electrons. The van der Waals surface area contributed by atoms with Gasteiger partial charge >= 0.3 is 0 Å². The van der Waals surface area contributed by atoms with Crippen molar-refractivity contribution in [3.8, 4) is 0 Å². The summed E-state index contributed by atoms with van der Waals surface area (Å²) in [4.78, 5) is 2.08. The van der Waals surface area contributed by atoms with Gasteiger partial charge in [-0.25, -0.2) is 0 Å². The standard InChI is InChI=1S/C21H25NO/c1-22(2)14-15(23)13-21-12-11-16(17-7-3-5-9-19(17)21)18-8-4-6-10-20(18)21/h3-10,15-16,23H,11-14H2,1-2H3. The van der Waals surface area contributed by atoms with E-state index in [2.05, 4.69) is 53.4 Å². The van der Waals surface area contributed by atoms with Crippen LogP contribution in [-0.4, -0.2) is 36.8 Å².